The van der Waals surface area contributed by atoms with Crippen LogP contribution in [0.3, 0.4) is 0 Å². The number of hydrogen-bond donors (Lipinski definition) is 2. The fourth-order valence-electron chi connectivity index (χ4n) is 3.49. The van der Waals surface area contributed by atoms with E-state index in [2.05, 4.69) is 40.2 Å². The molecule has 4 nitrogen and oxygen atoms in total. The van der Waals surface area contributed by atoms with E-state index in [0.29, 0.717) is 22.3 Å². The van der Waals surface area contributed by atoms with Gasteiger partial charge in [0.15, 0.2) is 11.6 Å². The van der Waals surface area contributed by atoms with Crippen LogP contribution in [0, 0.1) is 11.6 Å². The molecule has 2 aromatic heterocycles. The Kier molecular flexibility index (Phi) is 7.11. The van der Waals surface area contributed by atoms with Crippen LogP contribution in [0.4, 0.5) is 14.5 Å². The first-order valence-corrected chi connectivity index (χ1v) is 13.8. The van der Waals surface area contributed by atoms with Crippen molar-refractivity contribution in [3.8, 4) is 11.1 Å². The molecule has 170 valence electrons. The molecule has 0 atom stereocenters. The maximum atomic E-state index is 15.1. The number of benzene rings is 2. The van der Waals surface area contributed by atoms with Crippen LogP contribution in [0.5, 0.6) is 0 Å². The largest absolute Gasteiger partial charge is 0.345 e. The average Bonchev–Trinajstić information content (AvgIpc) is 3.24. The van der Waals surface area contributed by atoms with Gasteiger partial charge in [0.2, 0.25) is 0 Å². The molecule has 0 fully saturated rings. The van der Waals surface area contributed by atoms with Gasteiger partial charge in [0.1, 0.15) is 17.2 Å². The topological polar surface area (TPSA) is 57.8 Å². The zero-order valence-corrected chi connectivity index (χ0v) is 20.3. The van der Waals surface area contributed by atoms with Crippen molar-refractivity contribution in [3.05, 3.63) is 77.6 Å². The SMILES string of the molecule is CCCSNc1c(F)ccc(C(=O)c2c[nH]c3ncc(-c4ccc(P(C)C)cc4)cc23)c1F. The van der Waals surface area contributed by atoms with Crippen LogP contribution in [0.2, 0.25) is 0 Å². The third kappa shape index (κ3) is 4.80. The number of hydrogen-bond acceptors (Lipinski definition) is 4. The first-order chi connectivity index (χ1) is 15.9. The number of pyridine rings is 1. The van der Waals surface area contributed by atoms with Crippen LogP contribution >= 0.6 is 19.9 Å². The summed E-state index contributed by atoms with van der Waals surface area (Å²) in [5.41, 5.74) is 2.17. The monoisotopic (exact) mass is 483 g/mol. The lowest BCUT2D eigenvalue weighted by Gasteiger charge is -2.10. The molecule has 0 unspecified atom stereocenters. The van der Waals surface area contributed by atoms with Crippen molar-refractivity contribution in [2.75, 3.05) is 23.8 Å². The molecule has 0 aliphatic carbocycles. The fraction of sp³-hybridized carbons (Fsp3) is 0.200. The van der Waals surface area contributed by atoms with E-state index in [0.717, 1.165) is 23.6 Å². The molecule has 8 heteroatoms. The van der Waals surface area contributed by atoms with E-state index in [1.165, 1.54) is 29.5 Å². The third-order valence-electron chi connectivity index (χ3n) is 5.31. The first kappa shape index (κ1) is 23.4. The summed E-state index contributed by atoms with van der Waals surface area (Å²) in [4.78, 5) is 20.7. The Labute approximate surface area is 197 Å². The van der Waals surface area contributed by atoms with Crippen LogP contribution in [0.1, 0.15) is 29.3 Å². The number of anilines is 1. The van der Waals surface area contributed by atoms with Gasteiger partial charge in [0, 0.05) is 34.7 Å². The Morgan fingerprint density at radius 3 is 2.55 bits per heavy atom. The Bertz CT molecular complexity index is 1310. The first-order valence-electron chi connectivity index (χ1n) is 10.6. The lowest BCUT2D eigenvalue weighted by atomic mass is 10.00. The zero-order valence-electron chi connectivity index (χ0n) is 18.6. The predicted molar refractivity (Wildman–Crippen MR) is 136 cm³/mol. The number of nitrogens with one attached hydrogen (secondary N) is 2. The molecule has 0 saturated carbocycles. The molecule has 0 amide bonds. The number of fused-ring (bicyclic) bond motifs is 1. The Morgan fingerprint density at radius 2 is 1.85 bits per heavy atom. The summed E-state index contributed by atoms with van der Waals surface area (Å²) in [6.45, 7) is 6.38. The molecule has 4 aromatic rings. The van der Waals surface area contributed by atoms with E-state index in [9.17, 15) is 9.18 Å². The van der Waals surface area contributed by atoms with Crippen LogP contribution < -0.4 is 10.0 Å². The molecule has 0 aliphatic rings. The minimum Gasteiger partial charge on any atom is -0.345 e. The summed E-state index contributed by atoms with van der Waals surface area (Å²) in [7, 11) is -0.185. The Morgan fingerprint density at radius 1 is 1.09 bits per heavy atom. The second-order valence-electron chi connectivity index (χ2n) is 7.83. The number of carbonyl (C=O) groups is 1. The number of aromatic nitrogens is 2. The van der Waals surface area contributed by atoms with Gasteiger partial charge in [-0.25, -0.2) is 13.8 Å². The van der Waals surface area contributed by atoms with Crippen molar-refractivity contribution in [1.29, 1.82) is 0 Å². The molecule has 2 N–H and O–H groups in total. The van der Waals surface area contributed by atoms with Crippen LogP contribution in [0.15, 0.2) is 54.9 Å². The van der Waals surface area contributed by atoms with Crippen molar-refractivity contribution in [3.63, 3.8) is 0 Å². The van der Waals surface area contributed by atoms with Gasteiger partial charge in [-0.15, -0.1) is 0 Å². The van der Waals surface area contributed by atoms with Gasteiger partial charge >= 0.3 is 0 Å². The van der Waals surface area contributed by atoms with E-state index in [4.69, 9.17) is 0 Å². The van der Waals surface area contributed by atoms with E-state index >= 15 is 4.39 Å². The number of halogens is 2. The van der Waals surface area contributed by atoms with Gasteiger partial charge < -0.3 is 9.71 Å². The summed E-state index contributed by atoms with van der Waals surface area (Å²) >= 11 is 1.20. The molecular formula is C25H24F2N3OPS. The van der Waals surface area contributed by atoms with Crippen LogP contribution in [0.25, 0.3) is 22.2 Å². The van der Waals surface area contributed by atoms with Crippen molar-refractivity contribution in [1.82, 2.24) is 9.97 Å². The highest BCUT2D eigenvalue weighted by molar-refractivity contribution is 8.00. The molecule has 0 saturated heterocycles. The molecule has 2 aromatic carbocycles. The molecule has 0 spiro atoms. The van der Waals surface area contributed by atoms with Crippen molar-refractivity contribution in [2.24, 2.45) is 0 Å². The second kappa shape index (κ2) is 10.0. The molecule has 2 heterocycles. The number of rotatable bonds is 8. The fourth-order valence-corrected chi connectivity index (χ4v) is 4.88. The Hall–Kier alpha value is -2.76. The lowest BCUT2D eigenvalue weighted by molar-refractivity contribution is 0.103. The van der Waals surface area contributed by atoms with Gasteiger partial charge in [-0.3, -0.25) is 4.79 Å². The number of carbonyl (C=O) groups excluding carboxylic acids is 1. The maximum absolute atomic E-state index is 15.1. The van der Waals surface area contributed by atoms with E-state index in [1.54, 1.807) is 6.20 Å². The summed E-state index contributed by atoms with van der Waals surface area (Å²) in [6.07, 6.45) is 4.12. The highest BCUT2D eigenvalue weighted by Crippen LogP contribution is 2.31. The standard InChI is InChI=1S/C25H24F2N3OPS/c1-4-11-33-30-23-21(26)10-9-18(22(23)27)24(31)20-14-29-25-19(20)12-16(13-28-25)15-5-7-17(8-6-15)32(2)3/h5-10,12-14,30H,4,11H2,1-3H3,(H,28,29). The van der Waals surface area contributed by atoms with Gasteiger partial charge in [-0.2, -0.15) is 0 Å². The predicted octanol–water partition coefficient (Wildman–Crippen LogP) is 6.58. The smallest absolute Gasteiger partial charge is 0.198 e. The van der Waals surface area contributed by atoms with E-state index in [1.807, 2.05) is 25.1 Å². The van der Waals surface area contributed by atoms with Crippen molar-refractivity contribution >= 4 is 47.7 Å². The number of nitrogens with zero attached hydrogens (tertiary/aromatic N) is 1. The summed E-state index contributed by atoms with van der Waals surface area (Å²) in [5.74, 6) is -1.47. The van der Waals surface area contributed by atoms with E-state index < -0.39 is 17.4 Å². The molecular weight excluding hydrogens is 459 g/mol. The van der Waals surface area contributed by atoms with Gasteiger partial charge in [-0.05, 0) is 48.8 Å². The van der Waals surface area contributed by atoms with Gasteiger partial charge in [0.05, 0.1) is 5.56 Å². The molecule has 0 radical (unpaired) electrons. The minimum atomic E-state index is -0.895. The summed E-state index contributed by atoms with van der Waals surface area (Å²) in [5, 5.41) is 1.89. The molecule has 0 aliphatic heterocycles. The van der Waals surface area contributed by atoms with Gasteiger partial charge in [-0.1, -0.05) is 51.1 Å². The molecule has 33 heavy (non-hydrogen) atoms. The maximum Gasteiger partial charge on any atom is 0.198 e. The molecule has 4 rings (SSSR count). The van der Waals surface area contributed by atoms with Crippen molar-refractivity contribution < 1.29 is 13.6 Å². The number of ketones is 1. The average molecular weight is 484 g/mol. The number of H-pyrrole nitrogens is 1. The van der Waals surface area contributed by atoms with Crippen LogP contribution in [-0.4, -0.2) is 34.8 Å². The summed E-state index contributed by atoms with van der Waals surface area (Å²) < 4.78 is 32.0. The van der Waals surface area contributed by atoms with Gasteiger partial charge in [0.25, 0.3) is 0 Å². The van der Waals surface area contributed by atoms with E-state index in [-0.39, 0.29) is 19.2 Å². The highest BCUT2D eigenvalue weighted by atomic mass is 32.2. The number of aromatic amines is 1. The third-order valence-corrected chi connectivity index (χ3v) is 7.60. The molecule has 0 bridgehead atoms. The normalized spacial score (nSPS) is 11.3. The van der Waals surface area contributed by atoms with Crippen LogP contribution in [-0.2, 0) is 0 Å². The lowest BCUT2D eigenvalue weighted by Crippen LogP contribution is -2.07. The second-order valence-corrected chi connectivity index (χ2v) is 11.0. The minimum absolute atomic E-state index is 0.185. The summed E-state index contributed by atoms with van der Waals surface area (Å²) in [6, 6.07) is 12.5. The zero-order chi connectivity index (χ0) is 23.5. The quantitative estimate of drug-likeness (QED) is 0.129. The Balaban J connectivity index is 1.71. The van der Waals surface area contributed by atoms with Crippen molar-refractivity contribution in [2.45, 2.75) is 13.3 Å². The highest BCUT2D eigenvalue weighted by Gasteiger charge is 2.22.